The Morgan fingerprint density at radius 1 is 1.24 bits per heavy atom. The third kappa shape index (κ3) is 4.59. The van der Waals surface area contributed by atoms with Crippen LogP contribution in [0.5, 0.6) is 0 Å². The van der Waals surface area contributed by atoms with Crippen molar-refractivity contribution in [1.29, 1.82) is 0 Å². The van der Waals surface area contributed by atoms with Crippen LogP contribution in [0.1, 0.15) is 45.3 Å². The highest BCUT2D eigenvalue weighted by molar-refractivity contribution is 5.94. The lowest BCUT2D eigenvalue weighted by atomic mass is 9.91. The molecule has 2 N–H and O–H groups in total. The van der Waals surface area contributed by atoms with Gasteiger partial charge in [0.1, 0.15) is 11.5 Å². The molecule has 0 radical (unpaired) electrons. The highest BCUT2D eigenvalue weighted by atomic mass is 16.3. The molecule has 0 bridgehead atoms. The van der Waals surface area contributed by atoms with Crippen molar-refractivity contribution in [2.45, 2.75) is 45.2 Å². The Morgan fingerprint density at radius 2 is 2.07 bits per heavy atom. The van der Waals surface area contributed by atoms with Crippen molar-refractivity contribution < 1.29 is 9.21 Å². The molecule has 0 spiro atoms. The number of aromatic nitrogens is 2. The Morgan fingerprint density at radius 3 is 2.83 bits per heavy atom. The molecule has 0 saturated heterocycles. The molecule has 3 aromatic rings. The molecule has 6 nitrogen and oxygen atoms in total. The SMILES string of the molecule is Cc1ccc(CNC2CCc3c(c(C(=O)NCCc4ccccc4)nn3C)C2)o1. The number of carbonyl (C=O) groups excluding carboxylic acids is 1. The molecular weight excluding hydrogens is 364 g/mol. The van der Waals surface area contributed by atoms with Crippen LogP contribution in [0.4, 0.5) is 0 Å². The van der Waals surface area contributed by atoms with Crippen LogP contribution in [0.25, 0.3) is 0 Å². The first-order valence-electron chi connectivity index (χ1n) is 10.3. The van der Waals surface area contributed by atoms with Crippen molar-refractivity contribution in [3.05, 3.63) is 76.5 Å². The van der Waals surface area contributed by atoms with Gasteiger partial charge < -0.3 is 15.1 Å². The number of fused-ring (bicyclic) bond motifs is 1. The third-order valence-corrected chi connectivity index (χ3v) is 5.57. The smallest absolute Gasteiger partial charge is 0.272 e. The molecule has 0 aliphatic heterocycles. The molecule has 6 heteroatoms. The quantitative estimate of drug-likeness (QED) is 0.649. The maximum atomic E-state index is 12.8. The Kier molecular flexibility index (Phi) is 5.81. The Balaban J connectivity index is 1.37. The van der Waals surface area contributed by atoms with E-state index in [1.165, 1.54) is 11.3 Å². The lowest BCUT2D eigenvalue weighted by Crippen LogP contribution is -2.35. The van der Waals surface area contributed by atoms with Crippen LogP contribution in [-0.2, 0) is 32.9 Å². The van der Waals surface area contributed by atoms with Gasteiger partial charge in [0.2, 0.25) is 0 Å². The van der Waals surface area contributed by atoms with Crippen molar-refractivity contribution in [2.24, 2.45) is 7.05 Å². The van der Waals surface area contributed by atoms with Crippen molar-refractivity contribution in [2.75, 3.05) is 6.54 Å². The van der Waals surface area contributed by atoms with Crippen LogP contribution in [0, 0.1) is 6.92 Å². The van der Waals surface area contributed by atoms with Crippen molar-refractivity contribution in [3.8, 4) is 0 Å². The third-order valence-electron chi connectivity index (χ3n) is 5.57. The number of carbonyl (C=O) groups is 1. The first kappa shape index (κ1) is 19.5. The molecular formula is C23H28N4O2. The standard InChI is InChI=1S/C23H28N4O2/c1-16-8-10-19(29-16)15-25-18-9-11-21-20(14-18)22(26-27(21)2)23(28)24-13-12-17-6-4-3-5-7-17/h3-8,10,18,25H,9,11-15H2,1-2H3,(H,24,28). The van der Waals surface area contributed by atoms with Gasteiger partial charge in [0, 0.05) is 30.9 Å². The van der Waals surface area contributed by atoms with Gasteiger partial charge in [0.15, 0.2) is 5.69 Å². The molecule has 2 heterocycles. The second-order valence-electron chi connectivity index (χ2n) is 7.72. The fourth-order valence-electron chi connectivity index (χ4n) is 4.02. The second kappa shape index (κ2) is 8.66. The number of amides is 1. The molecule has 29 heavy (non-hydrogen) atoms. The number of benzene rings is 1. The van der Waals surface area contributed by atoms with E-state index < -0.39 is 0 Å². The van der Waals surface area contributed by atoms with E-state index in [1.54, 1.807) is 0 Å². The fraction of sp³-hybridized carbons (Fsp3) is 0.391. The molecule has 0 fully saturated rings. The largest absolute Gasteiger partial charge is 0.465 e. The number of hydrogen-bond acceptors (Lipinski definition) is 4. The van der Waals surface area contributed by atoms with Crippen LogP contribution in [0.15, 0.2) is 46.9 Å². The van der Waals surface area contributed by atoms with Gasteiger partial charge >= 0.3 is 0 Å². The van der Waals surface area contributed by atoms with Gasteiger partial charge in [-0.2, -0.15) is 5.10 Å². The molecule has 1 aliphatic rings. The van der Waals surface area contributed by atoms with E-state index in [4.69, 9.17) is 4.42 Å². The van der Waals surface area contributed by atoms with Crippen LogP contribution in [-0.4, -0.2) is 28.3 Å². The molecule has 1 atom stereocenters. The zero-order chi connectivity index (χ0) is 20.2. The number of nitrogens with zero attached hydrogens (tertiary/aromatic N) is 2. The van der Waals surface area contributed by atoms with E-state index in [-0.39, 0.29) is 5.91 Å². The molecule has 152 valence electrons. The lowest BCUT2D eigenvalue weighted by Gasteiger charge is -2.24. The van der Waals surface area contributed by atoms with Crippen molar-refractivity contribution in [1.82, 2.24) is 20.4 Å². The van der Waals surface area contributed by atoms with E-state index >= 15 is 0 Å². The fourth-order valence-corrected chi connectivity index (χ4v) is 4.02. The van der Waals surface area contributed by atoms with E-state index in [1.807, 2.05) is 49.0 Å². The van der Waals surface area contributed by atoms with Crippen LogP contribution < -0.4 is 10.6 Å². The van der Waals surface area contributed by atoms with Gasteiger partial charge in [0.05, 0.1) is 6.54 Å². The van der Waals surface area contributed by atoms with Gasteiger partial charge in [-0.1, -0.05) is 30.3 Å². The molecule has 0 saturated carbocycles. The van der Waals surface area contributed by atoms with E-state index in [9.17, 15) is 4.79 Å². The highest BCUT2D eigenvalue weighted by Gasteiger charge is 2.28. The summed E-state index contributed by atoms with van der Waals surface area (Å²) in [5.74, 6) is 1.79. The van der Waals surface area contributed by atoms with E-state index in [0.717, 1.165) is 42.8 Å². The summed E-state index contributed by atoms with van der Waals surface area (Å²) in [5, 5.41) is 11.1. The predicted octanol–water partition coefficient (Wildman–Crippen LogP) is 2.94. The molecule has 1 amide bonds. The normalized spacial score (nSPS) is 15.9. The Labute approximate surface area is 171 Å². The summed E-state index contributed by atoms with van der Waals surface area (Å²) >= 11 is 0. The van der Waals surface area contributed by atoms with Crippen LogP contribution >= 0.6 is 0 Å². The average molecular weight is 393 g/mol. The summed E-state index contributed by atoms with van der Waals surface area (Å²) in [5.41, 5.74) is 4.03. The summed E-state index contributed by atoms with van der Waals surface area (Å²) in [4.78, 5) is 12.8. The lowest BCUT2D eigenvalue weighted by molar-refractivity contribution is 0.0947. The number of nitrogens with one attached hydrogen (secondary N) is 2. The number of rotatable bonds is 7. The van der Waals surface area contributed by atoms with E-state index in [0.29, 0.717) is 24.8 Å². The number of aryl methyl sites for hydroxylation is 2. The summed E-state index contributed by atoms with van der Waals surface area (Å²) < 4.78 is 7.52. The van der Waals surface area contributed by atoms with Crippen LogP contribution in [0.3, 0.4) is 0 Å². The van der Waals surface area contributed by atoms with Crippen molar-refractivity contribution >= 4 is 5.91 Å². The summed E-state index contributed by atoms with van der Waals surface area (Å²) in [6.07, 6.45) is 3.57. The van der Waals surface area contributed by atoms with Gasteiger partial charge in [-0.05, 0) is 50.3 Å². The summed E-state index contributed by atoms with van der Waals surface area (Å²) in [6, 6.07) is 14.5. The van der Waals surface area contributed by atoms with Gasteiger partial charge in [-0.15, -0.1) is 0 Å². The summed E-state index contributed by atoms with van der Waals surface area (Å²) in [6.45, 7) is 3.26. The average Bonchev–Trinajstić information content (AvgIpc) is 3.30. The molecule has 2 aromatic heterocycles. The highest BCUT2D eigenvalue weighted by Crippen LogP contribution is 2.24. The molecule has 1 aromatic carbocycles. The number of hydrogen-bond donors (Lipinski definition) is 2. The first-order chi connectivity index (χ1) is 14.1. The zero-order valence-corrected chi connectivity index (χ0v) is 17.1. The first-order valence-corrected chi connectivity index (χ1v) is 10.3. The minimum atomic E-state index is -0.0832. The van der Waals surface area contributed by atoms with Gasteiger partial charge in [0.25, 0.3) is 5.91 Å². The Hall–Kier alpha value is -2.86. The molecule has 4 rings (SSSR count). The molecule has 1 unspecified atom stereocenters. The minimum Gasteiger partial charge on any atom is -0.465 e. The summed E-state index contributed by atoms with van der Waals surface area (Å²) in [7, 11) is 1.93. The van der Waals surface area contributed by atoms with Crippen LogP contribution in [0.2, 0.25) is 0 Å². The second-order valence-corrected chi connectivity index (χ2v) is 7.72. The monoisotopic (exact) mass is 392 g/mol. The van der Waals surface area contributed by atoms with Gasteiger partial charge in [-0.25, -0.2) is 0 Å². The Bertz CT molecular complexity index is 974. The molecule has 1 aliphatic carbocycles. The zero-order valence-electron chi connectivity index (χ0n) is 17.1. The van der Waals surface area contributed by atoms with E-state index in [2.05, 4.69) is 27.9 Å². The van der Waals surface area contributed by atoms with Gasteiger partial charge in [-0.3, -0.25) is 9.48 Å². The maximum absolute atomic E-state index is 12.8. The minimum absolute atomic E-state index is 0.0832. The van der Waals surface area contributed by atoms with Crippen molar-refractivity contribution in [3.63, 3.8) is 0 Å². The maximum Gasteiger partial charge on any atom is 0.272 e. The number of furan rings is 1. The predicted molar refractivity (Wildman–Crippen MR) is 112 cm³/mol. The topological polar surface area (TPSA) is 72.1 Å².